The van der Waals surface area contributed by atoms with E-state index in [1.54, 1.807) is 0 Å². The number of aromatic hydroxyl groups is 1. The molecule has 1 aromatic carbocycles. The molecule has 1 fully saturated rings. The zero-order valence-corrected chi connectivity index (χ0v) is 15.8. The van der Waals surface area contributed by atoms with Gasteiger partial charge in [-0.25, -0.2) is 0 Å². The third-order valence-corrected chi connectivity index (χ3v) is 6.68. The number of primary amides is 1. The summed E-state index contributed by atoms with van der Waals surface area (Å²) in [4.78, 5) is 37.6. The fourth-order valence-electron chi connectivity index (χ4n) is 4.96. The first-order valence-corrected chi connectivity index (χ1v) is 9.40. The van der Waals surface area contributed by atoms with Crippen LogP contribution in [0.3, 0.4) is 0 Å². The molecule has 0 bridgehead atoms. The quantitative estimate of drug-likeness (QED) is 0.207. The van der Waals surface area contributed by atoms with E-state index in [0.29, 0.717) is 5.56 Å². The molecule has 1 amide bonds. The largest absolute Gasteiger partial charge is 0.508 e. The van der Waals surface area contributed by atoms with Gasteiger partial charge < -0.3 is 31.9 Å². The van der Waals surface area contributed by atoms with Crippen LogP contribution in [0.5, 0.6) is 5.75 Å². The predicted octanol–water partition coefficient (Wildman–Crippen LogP) is -0.0189. The molecule has 4 rings (SSSR count). The maximum atomic E-state index is 13.1. The number of phenolic OH excluding ortho intramolecular Hbond substituents is 1. The highest BCUT2D eigenvalue weighted by atomic mass is 35.5. The molecule has 0 spiro atoms. The lowest BCUT2D eigenvalue weighted by molar-refractivity contribution is -0.167. The average molecular weight is 423 g/mol. The van der Waals surface area contributed by atoms with Crippen LogP contribution in [0.25, 0.3) is 0 Å². The maximum Gasteiger partial charge on any atom is 0.230 e. The summed E-state index contributed by atoms with van der Waals surface area (Å²) in [5.74, 6) is -7.66. The van der Waals surface area contributed by atoms with Crippen molar-refractivity contribution in [3.8, 4) is 5.75 Å². The van der Waals surface area contributed by atoms with Crippen molar-refractivity contribution in [3.63, 3.8) is 0 Å². The first-order valence-electron chi connectivity index (χ1n) is 9.02. The van der Waals surface area contributed by atoms with Crippen LogP contribution in [0.15, 0.2) is 17.4 Å². The monoisotopic (exact) mass is 422 g/mol. The van der Waals surface area contributed by atoms with Gasteiger partial charge in [-0.1, -0.05) is 11.6 Å². The second-order valence-electron chi connectivity index (χ2n) is 7.89. The van der Waals surface area contributed by atoms with Gasteiger partial charge in [0.15, 0.2) is 22.9 Å². The number of benzene rings is 1. The Bertz CT molecular complexity index is 1020. The van der Waals surface area contributed by atoms with E-state index in [1.807, 2.05) is 0 Å². The normalized spacial score (nSPS) is 33.8. The van der Waals surface area contributed by atoms with Gasteiger partial charge in [-0.05, 0) is 36.8 Å². The number of Topliss-reactive ketones (excluding diaryl/α,β-unsaturated/α-hetero) is 2. The van der Waals surface area contributed by atoms with Gasteiger partial charge in [0.05, 0.1) is 22.4 Å². The summed E-state index contributed by atoms with van der Waals surface area (Å²) in [6, 6.07) is 1.46. The second-order valence-corrected chi connectivity index (χ2v) is 8.30. The summed E-state index contributed by atoms with van der Waals surface area (Å²) in [5, 5.41) is 42.5. The molecule has 5 atom stereocenters. The topological polar surface area (TPSA) is 184 Å². The predicted molar refractivity (Wildman–Crippen MR) is 100 cm³/mol. The van der Waals surface area contributed by atoms with Crippen LogP contribution in [0.4, 0.5) is 5.69 Å². The molecule has 29 heavy (non-hydrogen) atoms. The summed E-state index contributed by atoms with van der Waals surface area (Å²) >= 11 is 6.00. The lowest BCUT2D eigenvalue weighted by atomic mass is 9.58. The Hall–Kier alpha value is -2.62. The molecule has 3 aliphatic carbocycles. The van der Waals surface area contributed by atoms with Crippen molar-refractivity contribution in [3.05, 3.63) is 33.5 Å². The van der Waals surface area contributed by atoms with Crippen LogP contribution < -0.4 is 11.5 Å². The number of fused-ring (bicyclic) bond motifs is 3. The lowest BCUT2D eigenvalue weighted by Crippen LogP contribution is -2.63. The van der Waals surface area contributed by atoms with Crippen LogP contribution in [-0.2, 0) is 16.0 Å². The zero-order chi connectivity index (χ0) is 21.4. The number of aliphatic hydroxyl groups is 3. The van der Waals surface area contributed by atoms with Crippen LogP contribution in [0.2, 0.25) is 5.02 Å². The molecule has 3 aliphatic rings. The summed E-state index contributed by atoms with van der Waals surface area (Å²) in [6.07, 6.45) is -1.26. The smallest absolute Gasteiger partial charge is 0.230 e. The molecule has 0 aliphatic heterocycles. The van der Waals surface area contributed by atoms with E-state index >= 15 is 0 Å². The van der Waals surface area contributed by atoms with Gasteiger partial charge in [0.2, 0.25) is 5.91 Å². The minimum absolute atomic E-state index is 0.0746. The number of halogens is 1. The summed E-state index contributed by atoms with van der Waals surface area (Å²) in [7, 11) is 0. The van der Waals surface area contributed by atoms with Crippen molar-refractivity contribution in [2.75, 3.05) is 5.73 Å². The number of hydrogen-bond donors (Lipinski definition) is 6. The minimum atomic E-state index is -2.52. The van der Waals surface area contributed by atoms with E-state index in [-0.39, 0.29) is 41.1 Å². The molecule has 1 saturated carbocycles. The standard InChI is InChI=1S/C19H19ClN2O7/c20-8-3-6-1-5-2-7-4-9(23)12(18(22)28)17(27)19(7,29)16(26)11(5)14(24)10(6)15(25)13(8)21/h3,5,7,9,12,23,25-26,29H,1-2,4,21H2,(H2,22,28)/t5-,7-,9?,12?,19-/m0/s1. The minimum Gasteiger partial charge on any atom is -0.508 e. The van der Waals surface area contributed by atoms with E-state index < -0.39 is 58.4 Å². The van der Waals surface area contributed by atoms with E-state index in [2.05, 4.69) is 0 Å². The first kappa shape index (κ1) is 19.7. The maximum absolute atomic E-state index is 13.1. The SMILES string of the molecule is NC(=O)C1C(=O)[C@@]2(O)C(O)=C3C(=O)c4c(cc(Cl)c(N)c4O)C[C@H]3C[C@H]2CC1O. The van der Waals surface area contributed by atoms with Crippen molar-refractivity contribution in [2.24, 2.45) is 23.5 Å². The van der Waals surface area contributed by atoms with Crippen LogP contribution in [0.1, 0.15) is 28.8 Å². The van der Waals surface area contributed by atoms with Crippen LogP contribution in [-0.4, -0.2) is 49.6 Å². The molecule has 154 valence electrons. The molecule has 1 aromatic rings. The van der Waals surface area contributed by atoms with E-state index in [4.69, 9.17) is 23.1 Å². The van der Waals surface area contributed by atoms with E-state index in [1.165, 1.54) is 6.07 Å². The lowest BCUT2D eigenvalue weighted by Gasteiger charge is -2.48. The number of phenols is 1. The molecule has 8 N–H and O–H groups in total. The zero-order valence-electron chi connectivity index (χ0n) is 15.1. The number of hydrogen-bond acceptors (Lipinski definition) is 8. The number of aliphatic hydroxyl groups excluding tert-OH is 2. The molecular formula is C19H19ClN2O7. The highest BCUT2D eigenvalue weighted by Gasteiger charge is 2.62. The summed E-state index contributed by atoms with van der Waals surface area (Å²) in [5.41, 5.74) is 8.22. The molecule has 0 radical (unpaired) electrons. The summed E-state index contributed by atoms with van der Waals surface area (Å²) in [6.45, 7) is 0. The Morgan fingerprint density at radius 1 is 1.24 bits per heavy atom. The van der Waals surface area contributed by atoms with Gasteiger partial charge in [-0.3, -0.25) is 14.4 Å². The molecule has 2 unspecified atom stereocenters. The van der Waals surface area contributed by atoms with Crippen LogP contribution >= 0.6 is 11.6 Å². The fraction of sp³-hybridized carbons (Fsp3) is 0.421. The third kappa shape index (κ3) is 2.44. The third-order valence-electron chi connectivity index (χ3n) is 6.37. The van der Waals surface area contributed by atoms with Crippen molar-refractivity contribution in [2.45, 2.75) is 31.0 Å². The van der Waals surface area contributed by atoms with Gasteiger partial charge in [-0.2, -0.15) is 0 Å². The van der Waals surface area contributed by atoms with Gasteiger partial charge in [0.25, 0.3) is 0 Å². The molecular weight excluding hydrogens is 404 g/mol. The fourth-order valence-corrected chi connectivity index (χ4v) is 5.18. The molecule has 0 aromatic heterocycles. The Morgan fingerprint density at radius 2 is 1.90 bits per heavy atom. The number of carbonyl (C=O) groups is 3. The van der Waals surface area contributed by atoms with Crippen molar-refractivity contribution in [1.82, 2.24) is 0 Å². The Kier molecular flexibility index (Phi) is 4.20. The molecule has 10 heteroatoms. The van der Waals surface area contributed by atoms with Gasteiger partial charge >= 0.3 is 0 Å². The number of allylic oxidation sites excluding steroid dienone is 1. The van der Waals surface area contributed by atoms with Gasteiger partial charge in [0, 0.05) is 11.5 Å². The van der Waals surface area contributed by atoms with Crippen molar-refractivity contribution < 1.29 is 34.8 Å². The average Bonchev–Trinajstić information content (AvgIpc) is 2.62. The number of nitrogen functional groups attached to an aromatic ring is 1. The summed E-state index contributed by atoms with van der Waals surface area (Å²) < 4.78 is 0. The number of amides is 1. The molecule has 9 nitrogen and oxygen atoms in total. The number of anilines is 1. The number of ketones is 2. The number of rotatable bonds is 1. The van der Waals surface area contributed by atoms with E-state index in [0.717, 1.165) is 0 Å². The van der Waals surface area contributed by atoms with Crippen molar-refractivity contribution in [1.29, 1.82) is 0 Å². The van der Waals surface area contributed by atoms with E-state index in [9.17, 15) is 34.8 Å². The number of carbonyl (C=O) groups excluding carboxylic acids is 3. The Labute approximate surface area is 169 Å². The van der Waals surface area contributed by atoms with Gasteiger partial charge in [0.1, 0.15) is 11.7 Å². The Morgan fingerprint density at radius 3 is 2.52 bits per heavy atom. The molecule has 0 heterocycles. The van der Waals surface area contributed by atoms with Gasteiger partial charge in [-0.15, -0.1) is 0 Å². The number of nitrogens with two attached hydrogens (primary N) is 2. The second kappa shape index (κ2) is 6.19. The Balaban J connectivity index is 1.90. The first-order chi connectivity index (χ1) is 13.5. The van der Waals surface area contributed by atoms with Crippen molar-refractivity contribution >= 4 is 34.8 Å². The highest BCUT2D eigenvalue weighted by molar-refractivity contribution is 6.34. The molecule has 0 saturated heterocycles. The highest BCUT2D eigenvalue weighted by Crippen LogP contribution is 2.52. The van der Waals surface area contributed by atoms with Crippen LogP contribution in [0, 0.1) is 17.8 Å².